The Kier molecular flexibility index (Phi) is 2.71. The summed E-state index contributed by atoms with van der Waals surface area (Å²) < 4.78 is 0. The van der Waals surface area contributed by atoms with Crippen LogP contribution in [0.25, 0.3) is 10.9 Å². The normalized spacial score (nSPS) is 10.4. The molecule has 2 heterocycles. The quantitative estimate of drug-likeness (QED) is 0.761. The van der Waals surface area contributed by atoms with E-state index in [1.165, 1.54) is 18.0 Å². The van der Waals surface area contributed by atoms with E-state index < -0.39 is 0 Å². The second-order valence-electron chi connectivity index (χ2n) is 3.68. The first-order valence-electron chi connectivity index (χ1n) is 5.34. The molecule has 0 fully saturated rings. The molecule has 2 aromatic heterocycles. The van der Waals surface area contributed by atoms with Gasteiger partial charge in [-0.3, -0.25) is 0 Å². The third kappa shape index (κ3) is 1.94. The molecule has 0 aliphatic rings. The minimum atomic E-state index is 0.536. The van der Waals surface area contributed by atoms with Crippen molar-refractivity contribution in [2.24, 2.45) is 0 Å². The molecule has 0 saturated heterocycles. The third-order valence-corrected chi connectivity index (χ3v) is 3.45. The van der Waals surface area contributed by atoms with Crippen molar-refractivity contribution in [2.45, 2.75) is 10.1 Å². The summed E-state index contributed by atoms with van der Waals surface area (Å²) in [6.45, 7) is 0. The molecule has 3 rings (SSSR count). The van der Waals surface area contributed by atoms with Crippen LogP contribution in [-0.2, 0) is 0 Å². The third-order valence-electron chi connectivity index (χ3n) is 2.52. The van der Waals surface area contributed by atoms with Gasteiger partial charge in [0.1, 0.15) is 11.1 Å². The largest absolute Gasteiger partial charge is 0.349 e. The highest BCUT2D eigenvalue weighted by atomic mass is 32.2. The number of nitriles is 1. The van der Waals surface area contributed by atoms with E-state index in [1.54, 1.807) is 6.07 Å². The van der Waals surface area contributed by atoms with Gasteiger partial charge in [-0.05, 0) is 30.0 Å². The molecule has 0 bridgehead atoms. The Morgan fingerprint density at radius 3 is 2.94 bits per heavy atom. The lowest BCUT2D eigenvalue weighted by atomic mass is 10.3. The van der Waals surface area contributed by atoms with Gasteiger partial charge >= 0.3 is 0 Å². The topological polar surface area (TPSA) is 65.4 Å². The molecular weight excluding hydrogens is 244 g/mol. The second-order valence-corrected chi connectivity index (χ2v) is 4.72. The van der Waals surface area contributed by atoms with Crippen LogP contribution >= 0.6 is 11.8 Å². The van der Waals surface area contributed by atoms with Gasteiger partial charge < -0.3 is 4.98 Å². The van der Waals surface area contributed by atoms with Gasteiger partial charge in [0.05, 0.1) is 16.8 Å². The second kappa shape index (κ2) is 4.51. The first-order chi connectivity index (χ1) is 8.86. The maximum atomic E-state index is 8.99. The number of rotatable bonds is 2. The van der Waals surface area contributed by atoms with Gasteiger partial charge in [0, 0.05) is 10.9 Å². The fourth-order valence-corrected chi connectivity index (χ4v) is 2.55. The van der Waals surface area contributed by atoms with Crippen LogP contribution in [0.15, 0.2) is 52.6 Å². The zero-order chi connectivity index (χ0) is 12.4. The van der Waals surface area contributed by atoms with Gasteiger partial charge in [0.15, 0.2) is 0 Å². The molecule has 0 aliphatic carbocycles. The van der Waals surface area contributed by atoms with Gasteiger partial charge in [0.25, 0.3) is 0 Å². The zero-order valence-corrected chi connectivity index (χ0v) is 10.1. The minimum absolute atomic E-state index is 0.536. The molecule has 0 unspecified atom stereocenters. The smallest absolute Gasteiger partial charge is 0.143 e. The molecule has 4 nitrogen and oxygen atoms in total. The summed E-state index contributed by atoms with van der Waals surface area (Å²) >= 11 is 1.41. The Morgan fingerprint density at radius 1 is 1.22 bits per heavy atom. The van der Waals surface area contributed by atoms with E-state index in [0.29, 0.717) is 10.6 Å². The fraction of sp³-hybridized carbons (Fsp3) is 0. The molecule has 1 aromatic carbocycles. The summed E-state index contributed by atoms with van der Waals surface area (Å²) in [5.41, 5.74) is 1.61. The van der Waals surface area contributed by atoms with Crippen LogP contribution in [0.5, 0.6) is 0 Å². The number of aromatic amines is 1. The van der Waals surface area contributed by atoms with Crippen molar-refractivity contribution in [3.63, 3.8) is 0 Å². The lowest BCUT2D eigenvalue weighted by Crippen LogP contribution is -1.88. The molecule has 0 atom stereocenters. The molecule has 0 saturated carbocycles. The van der Waals surface area contributed by atoms with Crippen molar-refractivity contribution in [3.05, 3.63) is 48.2 Å². The Morgan fingerprint density at radius 2 is 2.11 bits per heavy atom. The van der Waals surface area contributed by atoms with E-state index in [0.717, 1.165) is 15.9 Å². The highest BCUT2D eigenvalue weighted by molar-refractivity contribution is 7.99. The predicted molar refractivity (Wildman–Crippen MR) is 69.2 cm³/mol. The number of hydrogen-bond donors (Lipinski definition) is 1. The van der Waals surface area contributed by atoms with Crippen LogP contribution in [0.4, 0.5) is 0 Å². The van der Waals surface area contributed by atoms with Crippen LogP contribution in [-0.4, -0.2) is 15.2 Å². The van der Waals surface area contributed by atoms with E-state index in [9.17, 15) is 0 Å². The molecule has 3 aromatic rings. The molecule has 0 amide bonds. The monoisotopic (exact) mass is 252 g/mol. The van der Waals surface area contributed by atoms with Crippen molar-refractivity contribution >= 4 is 22.7 Å². The molecule has 0 spiro atoms. The van der Waals surface area contributed by atoms with E-state index in [1.807, 2.05) is 30.3 Å². The molecule has 0 radical (unpaired) electrons. The maximum absolute atomic E-state index is 8.99. The Labute approximate surface area is 108 Å². The Hall–Kier alpha value is -2.32. The van der Waals surface area contributed by atoms with Crippen molar-refractivity contribution in [3.8, 4) is 6.07 Å². The van der Waals surface area contributed by atoms with E-state index in [4.69, 9.17) is 5.26 Å². The number of hydrogen-bond acceptors (Lipinski definition) is 4. The lowest BCUT2D eigenvalue weighted by Gasteiger charge is -1.98. The van der Waals surface area contributed by atoms with Crippen molar-refractivity contribution in [1.82, 2.24) is 15.2 Å². The van der Waals surface area contributed by atoms with Crippen molar-refractivity contribution in [2.75, 3.05) is 0 Å². The molecule has 5 heteroatoms. The fourth-order valence-electron chi connectivity index (χ4n) is 1.69. The lowest BCUT2D eigenvalue weighted by molar-refractivity contribution is 0.918. The van der Waals surface area contributed by atoms with E-state index in [-0.39, 0.29) is 0 Å². The van der Waals surface area contributed by atoms with Crippen LogP contribution in [0.2, 0.25) is 0 Å². The van der Waals surface area contributed by atoms with E-state index in [2.05, 4.69) is 21.3 Å². The molecule has 1 N–H and O–H groups in total. The summed E-state index contributed by atoms with van der Waals surface area (Å²) in [6, 6.07) is 13.8. The number of fused-ring (bicyclic) bond motifs is 1. The van der Waals surface area contributed by atoms with Crippen LogP contribution in [0.1, 0.15) is 5.56 Å². The van der Waals surface area contributed by atoms with Gasteiger partial charge in [-0.15, -0.1) is 5.10 Å². The summed E-state index contributed by atoms with van der Waals surface area (Å²) in [4.78, 5) is 3.28. The maximum Gasteiger partial charge on any atom is 0.143 e. The molecule has 86 valence electrons. The van der Waals surface area contributed by atoms with Gasteiger partial charge in [-0.1, -0.05) is 18.2 Å². The minimum Gasteiger partial charge on any atom is -0.349 e. The first kappa shape index (κ1) is 10.8. The van der Waals surface area contributed by atoms with Crippen molar-refractivity contribution < 1.29 is 0 Å². The first-order valence-corrected chi connectivity index (χ1v) is 6.16. The van der Waals surface area contributed by atoms with Crippen LogP contribution < -0.4 is 0 Å². The highest BCUT2D eigenvalue weighted by Gasteiger charge is 2.08. The number of aromatic nitrogens is 3. The predicted octanol–water partition coefficient (Wildman–Crippen LogP) is 2.98. The summed E-state index contributed by atoms with van der Waals surface area (Å²) in [5.74, 6) is 0. The van der Waals surface area contributed by atoms with Gasteiger partial charge in [-0.2, -0.15) is 10.4 Å². The van der Waals surface area contributed by atoms with Crippen LogP contribution in [0, 0.1) is 11.3 Å². The highest BCUT2D eigenvalue weighted by Crippen LogP contribution is 2.29. The number of para-hydroxylation sites is 1. The SMILES string of the molecule is N#Cc1ccnnc1Sc1cc2ccccc2[nH]1. The summed E-state index contributed by atoms with van der Waals surface area (Å²) in [7, 11) is 0. The average molecular weight is 252 g/mol. The van der Waals surface area contributed by atoms with Crippen LogP contribution in [0.3, 0.4) is 0 Å². The average Bonchev–Trinajstić information content (AvgIpc) is 2.81. The van der Waals surface area contributed by atoms with Crippen molar-refractivity contribution in [1.29, 1.82) is 5.26 Å². The number of H-pyrrole nitrogens is 1. The number of benzene rings is 1. The Balaban J connectivity index is 1.99. The summed E-state index contributed by atoms with van der Waals surface area (Å²) in [6.07, 6.45) is 1.52. The number of nitrogens with one attached hydrogen (secondary N) is 1. The zero-order valence-electron chi connectivity index (χ0n) is 9.29. The van der Waals surface area contributed by atoms with Gasteiger partial charge in [-0.25, -0.2) is 0 Å². The summed E-state index contributed by atoms with van der Waals surface area (Å²) in [5, 5.41) is 19.5. The Bertz CT molecular complexity index is 709. The van der Waals surface area contributed by atoms with Gasteiger partial charge in [0.2, 0.25) is 0 Å². The van der Waals surface area contributed by atoms with E-state index >= 15 is 0 Å². The molecular formula is C13H8N4S. The number of nitrogens with zero attached hydrogens (tertiary/aromatic N) is 3. The molecule has 0 aliphatic heterocycles. The standard InChI is InChI=1S/C13H8N4S/c14-8-10-5-6-15-17-13(10)18-12-7-9-3-1-2-4-11(9)16-12/h1-7,16H. The molecule has 18 heavy (non-hydrogen) atoms.